The highest BCUT2D eigenvalue weighted by molar-refractivity contribution is 5.27. The molecule has 0 amide bonds. The summed E-state index contributed by atoms with van der Waals surface area (Å²) in [6.07, 6.45) is -2.30. The number of rotatable bonds is 7. The van der Waals surface area contributed by atoms with Gasteiger partial charge in [0.05, 0.1) is 13.2 Å². The summed E-state index contributed by atoms with van der Waals surface area (Å²) in [6, 6.07) is 5.66. The summed E-state index contributed by atoms with van der Waals surface area (Å²) in [5.41, 5.74) is 0.709. The number of nitrogens with zero attached hydrogens (tertiary/aromatic N) is 3. The molecule has 0 saturated heterocycles. The number of halogens is 3. The van der Waals surface area contributed by atoms with Crippen molar-refractivity contribution in [2.45, 2.75) is 38.5 Å². The SMILES string of the molecule is O=[N+]([O-])c1cn2c(n1)O[C@@H](CCOCc1ccc(OC(F)(F)F)cc1)CC2. The molecule has 27 heavy (non-hydrogen) atoms. The van der Waals surface area contributed by atoms with Gasteiger partial charge in [-0.25, -0.2) is 0 Å². The minimum Gasteiger partial charge on any atom is -0.442 e. The quantitative estimate of drug-likeness (QED) is 0.411. The minimum atomic E-state index is -4.72. The Morgan fingerprint density at radius 1 is 1.33 bits per heavy atom. The lowest BCUT2D eigenvalue weighted by Crippen LogP contribution is -2.27. The van der Waals surface area contributed by atoms with Gasteiger partial charge in [0.25, 0.3) is 0 Å². The van der Waals surface area contributed by atoms with Gasteiger partial charge in [-0.15, -0.1) is 13.2 Å². The van der Waals surface area contributed by atoms with E-state index < -0.39 is 11.3 Å². The van der Waals surface area contributed by atoms with Crippen LogP contribution in [0, 0.1) is 10.1 Å². The molecule has 0 bridgehead atoms. The topological polar surface area (TPSA) is 88.7 Å². The summed E-state index contributed by atoms with van der Waals surface area (Å²) in [7, 11) is 0. The monoisotopic (exact) mass is 387 g/mol. The highest BCUT2D eigenvalue weighted by atomic mass is 19.4. The van der Waals surface area contributed by atoms with Crippen LogP contribution in [0.4, 0.5) is 19.0 Å². The molecule has 0 saturated carbocycles. The molecule has 0 N–H and O–H groups in total. The minimum absolute atomic E-state index is 0.165. The molecule has 0 spiro atoms. The number of imidazole rings is 1. The molecule has 0 radical (unpaired) electrons. The molecule has 0 unspecified atom stereocenters. The summed E-state index contributed by atoms with van der Waals surface area (Å²) in [5, 5.41) is 10.7. The van der Waals surface area contributed by atoms with Gasteiger partial charge in [0.2, 0.25) is 0 Å². The molecule has 8 nitrogen and oxygen atoms in total. The van der Waals surface area contributed by atoms with Crippen molar-refractivity contribution >= 4 is 5.82 Å². The number of aryl methyl sites for hydroxylation is 1. The summed E-state index contributed by atoms with van der Waals surface area (Å²) in [4.78, 5) is 14.0. The third-order valence-corrected chi connectivity index (χ3v) is 3.89. The second kappa shape index (κ2) is 7.82. The van der Waals surface area contributed by atoms with Crippen LogP contribution in [0.15, 0.2) is 30.5 Å². The first-order valence-corrected chi connectivity index (χ1v) is 8.11. The third-order valence-electron chi connectivity index (χ3n) is 3.89. The molecule has 0 fully saturated rings. The second-order valence-electron chi connectivity index (χ2n) is 5.89. The standard InChI is InChI=1S/C16H16F3N3O5/c17-16(18,19)27-13-3-1-11(2-4-13)10-25-8-6-12-5-7-21-9-14(22(23)24)20-15(21)26-12/h1-4,9,12H,5-8,10H2/t12-/m1/s1. The van der Waals surface area contributed by atoms with Crippen molar-refractivity contribution in [1.82, 2.24) is 9.55 Å². The zero-order chi connectivity index (χ0) is 19.4. The number of fused-ring (bicyclic) bond motifs is 1. The van der Waals surface area contributed by atoms with Gasteiger partial charge in [0.1, 0.15) is 18.1 Å². The predicted molar refractivity (Wildman–Crippen MR) is 85.3 cm³/mol. The van der Waals surface area contributed by atoms with Crippen LogP contribution in [0.5, 0.6) is 11.8 Å². The third kappa shape index (κ3) is 5.33. The molecule has 1 aliphatic rings. The van der Waals surface area contributed by atoms with Crippen molar-refractivity contribution in [2.24, 2.45) is 0 Å². The van der Waals surface area contributed by atoms with E-state index in [4.69, 9.17) is 9.47 Å². The summed E-state index contributed by atoms with van der Waals surface area (Å²) < 4.78 is 52.8. The lowest BCUT2D eigenvalue weighted by Gasteiger charge is -2.21. The number of nitro groups is 1. The molecule has 146 valence electrons. The first-order valence-electron chi connectivity index (χ1n) is 8.11. The Morgan fingerprint density at radius 2 is 2.07 bits per heavy atom. The highest BCUT2D eigenvalue weighted by Crippen LogP contribution is 2.25. The Hall–Kier alpha value is -2.82. The zero-order valence-corrected chi connectivity index (χ0v) is 14.0. The van der Waals surface area contributed by atoms with Crippen LogP contribution in [0.1, 0.15) is 18.4 Å². The molecule has 3 rings (SSSR count). The first kappa shape index (κ1) is 19.0. The molecule has 1 atom stereocenters. The van der Waals surface area contributed by atoms with Crippen molar-refractivity contribution in [1.29, 1.82) is 0 Å². The van der Waals surface area contributed by atoms with E-state index in [1.54, 1.807) is 4.57 Å². The fourth-order valence-corrected chi connectivity index (χ4v) is 2.61. The van der Waals surface area contributed by atoms with Crippen LogP contribution >= 0.6 is 0 Å². The number of alkyl halides is 3. The fraction of sp³-hybridized carbons (Fsp3) is 0.438. The van der Waals surface area contributed by atoms with E-state index in [-0.39, 0.29) is 30.3 Å². The number of aromatic nitrogens is 2. The van der Waals surface area contributed by atoms with E-state index in [1.807, 2.05) is 0 Å². The molecule has 2 aromatic rings. The van der Waals surface area contributed by atoms with Crippen molar-refractivity contribution in [3.05, 3.63) is 46.1 Å². The average molecular weight is 387 g/mol. The van der Waals surface area contributed by atoms with E-state index in [9.17, 15) is 23.3 Å². The van der Waals surface area contributed by atoms with Crippen LogP contribution in [0.3, 0.4) is 0 Å². The van der Waals surface area contributed by atoms with E-state index in [0.29, 0.717) is 31.6 Å². The van der Waals surface area contributed by atoms with Crippen molar-refractivity contribution in [2.75, 3.05) is 6.61 Å². The second-order valence-corrected chi connectivity index (χ2v) is 5.89. The number of hydrogen-bond acceptors (Lipinski definition) is 6. The zero-order valence-electron chi connectivity index (χ0n) is 14.0. The van der Waals surface area contributed by atoms with E-state index >= 15 is 0 Å². The predicted octanol–water partition coefficient (Wildman–Crippen LogP) is 3.45. The Kier molecular flexibility index (Phi) is 5.49. The molecule has 1 aliphatic heterocycles. The fourth-order valence-electron chi connectivity index (χ4n) is 2.61. The van der Waals surface area contributed by atoms with Crippen LogP contribution < -0.4 is 9.47 Å². The van der Waals surface area contributed by atoms with Crippen molar-refractivity contribution in [3.63, 3.8) is 0 Å². The number of ether oxygens (including phenoxy) is 3. The molecular formula is C16H16F3N3O5. The van der Waals surface area contributed by atoms with Crippen LogP contribution in [-0.2, 0) is 17.9 Å². The van der Waals surface area contributed by atoms with E-state index in [2.05, 4.69) is 9.72 Å². The van der Waals surface area contributed by atoms with Gasteiger partial charge in [0, 0.05) is 24.4 Å². The molecule has 2 heterocycles. The van der Waals surface area contributed by atoms with Gasteiger partial charge in [-0.3, -0.25) is 4.57 Å². The molecular weight excluding hydrogens is 371 g/mol. The largest absolute Gasteiger partial charge is 0.573 e. The van der Waals surface area contributed by atoms with Gasteiger partial charge in [-0.1, -0.05) is 12.1 Å². The Labute approximate surface area is 151 Å². The van der Waals surface area contributed by atoms with Crippen molar-refractivity contribution < 1.29 is 32.3 Å². The highest BCUT2D eigenvalue weighted by Gasteiger charge is 2.31. The molecule has 1 aromatic carbocycles. The maximum atomic E-state index is 12.1. The van der Waals surface area contributed by atoms with Gasteiger partial charge in [-0.05, 0) is 22.6 Å². The summed E-state index contributed by atoms with van der Waals surface area (Å²) in [5.74, 6) is -0.536. The molecule has 0 aliphatic carbocycles. The van der Waals surface area contributed by atoms with Crippen molar-refractivity contribution in [3.8, 4) is 11.8 Å². The van der Waals surface area contributed by atoms with Gasteiger partial charge in [0.15, 0.2) is 0 Å². The van der Waals surface area contributed by atoms with Gasteiger partial charge in [-0.2, -0.15) is 0 Å². The van der Waals surface area contributed by atoms with Crippen LogP contribution in [0.25, 0.3) is 0 Å². The van der Waals surface area contributed by atoms with E-state index in [1.165, 1.54) is 30.5 Å². The van der Waals surface area contributed by atoms with E-state index in [0.717, 1.165) is 0 Å². The van der Waals surface area contributed by atoms with Crippen LogP contribution in [-0.4, -0.2) is 33.5 Å². The molecule has 1 aromatic heterocycles. The maximum absolute atomic E-state index is 12.1. The maximum Gasteiger partial charge on any atom is 0.573 e. The lowest BCUT2D eigenvalue weighted by atomic mass is 10.2. The average Bonchev–Trinajstić information content (AvgIpc) is 3.02. The Balaban J connectivity index is 1.41. The number of hydrogen-bond donors (Lipinski definition) is 0. The van der Waals surface area contributed by atoms with Crippen LogP contribution in [0.2, 0.25) is 0 Å². The lowest BCUT2D eigenvalue weighted by molar-refractivity contribution is -0.389. The summed E-state index contributed by atoms with van der Waals surface area (Å²) >= 11 is 0. The summed E-state index contributed by atoms with van der Waals surface area (Å²) in [6.45, 7) is 1.18. The Morgan fingerprint density at radius 3 is 2.74 bits per heavy atom. The van der Waals surface area contributed by atoms with Gasteiger partial charge >= 0.3 is 18.2 Å². The number of benzene rings is 1. The van der Waals surface area contributed by atoms with Gasteiger partial charge < -0.3 is 24.3 Å². The Bertz CT molecular complexity index is 792. The smallest absolute Gasteiger partial charge is 0.442 e. The molecule has 11 heteroatoms. The first-order chi connectivity index (χ1) is 12.8. The normalized spacial score (nSPS) is 16.5.